The molecule has 0 aliphatic carbocycles. The SMILES string of the molecule is O=C(O)c1ccc(F)cc1COc1cc(Br)ccc1F. The molecule has 1 N–H and O–H groups in total. The molecule has 20 heavy (non-hydrogen) atoms. The Morgan fingerprint density at radius 3 is 2.65 bits per heavy atom. The Bertz CT molecular complexity index is 659. The van der Waals surface area contributed by atoms with Gasteiger partial charge < -0.3 is 9.84 Å². The number of aromatic carboxylic acids is 1. The van der Waals surface area contributed by atoms with Gasteiger partial charge in [0.05, 0.1) is 5.56 Å². The molecule has 2 aromatic rings. The van der Waals surface area contributed by atoms with Gasteiger partial charge in [-0.1, -0.05) is 15.9 Å². The van der Waals surface area contributed by atoms with Gasteiger partial charge in [0, 0.05) is 10.0 Å². The van der Waals surface area contributed by atoms with Gasteiger partial charge in [-0.25, -0.2) is 13.6 Å². The lowest BCUT2D eigenvalue weighted by molar-refractivity contribution is 0.0694. The van der Waals surface area contributed by atoms with Crippen molar-refractivity contribution in [3.05, 3.63) is 63.6 Å². The average Bonchev–Trinajstić information content (AvgIpc) is 2.39. The minimum absolute atomic E-state index is 0.0417. The molecule has 0 saturated carbocycles. The van der Waals surface area contributed by atoms with Gasteiger partial charge >= 0.3 is 5.97 Å². The highest BCUT2D eigenvalue weighted by Gasteiger charge is 2.12. The van der Waals surface area contributed by atoms with Crippen molar-refractivity contribution in [1.29, 1.82) is 0 Å². The summed E-state index contributed by atoms with van der Waals surface area (Å²) < 4.78 is 32.5. The highest BCUT2D eigenvalue weighted by molar-refractivity contribution is 9.10. The number of halogens is 3. The van der Waals surface area contributed by atoms with Crippen molar-refractivity contribution >= 4 is 21.9 Å². The van der Waals surface area contributed by atoms with Gasteiger partial charge in [0.25, 0.3) is 0 Å². The summed E-state index contributed by atoms with van der Waals surface area (Å²) in [5, 5.41) is 8.99. The topological polar surface area (TPSA) is 46.5 Å². The summed E-state index contributed by atoms with van der Waals surface area (Å²) in [5.74, 6) is -2.40. The number of carboxylic acids is 1. The van der Waals surface area contributed by atoms with E-state index in [9.17, 15) is 13.6 Å². The molecule has 3 nitrogen and oxygen atoms in total. The van der Waals surface area contributed by atoms with Gasteiger partial charge in [0.1, 0.15) is 12.4 Å². The summed E-state index contributed by atoms with van der Waals surface area (Å²) in [6.45, 7) is -0.243. The molecule has 104 valence electrons. The first kappa shape index (κ1) is 14.5. The van der Waals surface area contributed by atoms with Crippen LogP contribution >= 0.6 is 15.9 Å². The maximum Gasteiger partial charge on any atom is 0.336 e. The maximum atomic E-state index is 13.5. The van der Waals surface area contributed by atoms with Crippen LogP contribution in [0.1, 0.15) is 15.9 Å². The standard InChI is InChI=1S/C14H9BrF2O3/c15-9-1-4-12(17)13(6-9)20-7-8-5-10(16)2-3-11(8)14(18)19/h1-6H,7H2,(H,18,19). The molecule has 0 fully saturated rings. The molecule has 2 aromatic carbocycles. The second kappa shape index (κ2) is 6.00. The van der Waals surface area contributed by atoms with E-state index in [2.05, 4.69) is 15.9 Å². The molecule has 0 unspecified atom stereocenters. The zero-order valence-electron chi connectivity index (χ0n) is 10.1. The zero-order chi connectivity index (χ0) is 14.7. The molecule has 0 saturated heterocycles. The van der Waals surface area contributed by atoms with Crippen LogP contribution in [0.25, 0.3) is 0 Å². The van der Waals surface area contributed by atoms with E-state index in [0.29, 0.717) is 4.47 Å². The molecule has 0 aromatic heterocycles. The lowest BCUT2D eigenvalue weighted by Crippen LogP contribution is -2.06. The number of carbonyl (C=O) groups is 1. The van der Waals surface area contributed by atoms with Crippen molar-refractivity contribution in [1.82, 2.24) is 0 Å². The van der Waals surface area contributed by atoms with Gasteiger partial charge in [0.15, 0.2) is 11.6 Å². The molecule has 0 bridgehead atoms. The van der Waals surface area contributed by atoms with Crippen molar-refractivity contribution in [3.63, 3.8) is 0 Å². The Morgan fingerprint density at radius 2 is 1.95 bits per heavy atom. The molecule has 0 heterocycles. The van der Waals surface area contributed by atoms with Gasteiger partial charge in [-0.2, -0.15) is 0 Å². The number of rotatable bonds is 4. The largest absolute Gasteiger partial charge is 0.486 e. The van der Waals surface area contributed by atoms with Crippen LogP contribution in [-0.2, 0) is 6.61 Å². The van der Waals surface area contributed by atoms with E-state index in [0.717, 1.165) is 18.2 Å². The monoisotopic (exact) mass is 342 g/mol. The number of ether oxygens (including phenoxy) is 1. The third-order valence-corrected chi connectivity index (χ3v) is 3.07. The Morgan fingerprint density at radius 1 is 1.20 bits per heavy atom. The van der Waals surface area contributed by atoms with Crippen LogP contribution in [0.3, 0.4) is 0 Å². The molecule has 0 aliphatic heterocycles. The Labute approximate surface area is 121 Å². The van der Waals surface area contributed by atoms with E-state index in [1.807, 2.05) is 0 Å². The van der Waals surface area contributed by atoms with Crippen LogP contribution in [0.2, 0.25) is 0 Å². The van der Waals surface area contributed by atoms with E-state index in [1.165, 1.54) is 18.2 Å². The highest BCUT2D eigenvalue weighted by atomic mass is 79.9. The molecular weight excluding hydrogens is 334 g/mol. The minimum Gasteiger partial charge on any atom is -0.486 e. The summed E-state index contributed by atoms with van der Waals surface area (Å²) in [6.07, 6.45) is 0. The Kier molecular flexibility index (Phi) is 4.34. The summed E-state index contributed by atoms with van der Waals surface area (Å²) in [6, 6.07) is 7.38. The second-order valence-electron chi connectivity index (χ2n) is 3.97. The van der Waals surface area contributed by atoms with Crippen LogP contribution in [-0.4, -0.2) is 11.1 Å². The summed E-state index contributed by atoms with van der Waals surface area (Å²) >= 11 is 3.17. The fraction of sp³-hybridized carbons (Fsp3) is 0.0714. The van der Waals surface area contributed by atoms with E-state index >= 15 is 0 Å². The summed E-state index contributed by atoms with van der Waals surface area (Å²) in [4.78, 5) is 11.0. The molecule has 0 spiro atoms. The van der Waals surface area contributed by atoms with Crippen molar-refractivity contribution in [3.8, 4) is 5.75 Å². The number of hydrogen-bond donors (Lipinski definition) is 1. The van der Waals surface area contributed by atoms with Crippen molar-refractivity contribution in [2.24, 2.45) is 0 Å². The quantitative estimate of drug-likeness (QED) is 0.913. The fourth-order valence-electron chi connectivity index (χ4n) is 1.63. The van der Waals surface area contributed by atoms with E-state index in [-0.39, 0.29) is 23.5 Å². The van der Waals surface area contributed by atoms with Gasteiger partial charge in [-0.05, 0) is 36.4 Å². The molecular formula is C14H9BrF2O3. The number of benzene rings is 2. The molecule has 6 heteroatoms. The van der Waals surface area contributed by atoms with E-state index < -0.39 is 17.6 Å². The summed E-state index contributed by atoms with van der Waals surface area (Å²) in [7, 11) is 0. The van der Waals surface area contributed by atoms with E-state index in [4.69, 9.17) is 9.84 Å². The van der Waals surface area contributed by atoms with E-state index in [1.54, 1.807) is 0 Å². The predicted octanol–water partition coefficient (Wildman–Crippen LogP) is 4.00. The second-order valence-corrected chi connectivity index (χ2v) is 4.89. The highest BCUT2D eigenvalue weighted by Crippen LogP contribution is 2.24. The fourth-order valence-corrected chi connectivity index (χ4v) is 1.97. The molecule has 2 rings (SSSR count). The molecule has 0 amide bonds. The summed E-state index contributed by atoms with van der Waals surface area (Å²) in [5.41, 5.74) is 0.0543. The smallest absolute Gasteiger partial charge is 0.336 e. The lowest BCUT2D eigenvalue weighted by Gasteiger charge is -2.10. The first-order chi connectivity index (χ1) is 9.47. The lowest BCUT2D eigenvalue weighted by atomic mass is 10.1. The third-order valence-electron chi connectivity index (χ3n) is 2.57. The molecule has 0 aliphatic rings. The molecule has 0 atom stereocenters. The first-order valence-electron chi connectivity index (χ1n) is 5.57. The normalized spacial score (nSPS) is 10.3. The number of hydrogen-bond acceptors (Lipinski definition) is 2. The van der Waals surface area contributed by atoms with Crippen LogP contribution in [0.15, 0.2) is 40.9 Å². The van der Waals surface area contributed by atoms with Crippen LogP contribution in [0.4, 0.5) is 8.78 Å². The predicted molar refractivity (Wildman–Crippen MR) is 71.8 cm³/mol. The van der Waals surface area contributed by atoms with Crippen molar-refractivity contribution in [2.75, 3.05) is 0 Å². The van der Waals surface area contributed by atoms with Gasteiger partial charge in [0.2, 0.25) is 0 Å². The van der Waals surface area contributed by atoms with Crippen LogP contribution in [0, 0.1) is 11.6 Å². The van der Waals surface area contributed by atoms with Gasteiger partial charge in [-0.3, -0.25) is 0 Å². The Hall–Kier alpha value is -1.95. The van der Waals surface area contributed by atoms with Crippen molar-refractivity contribution < 1.29 is 23.4 Å². The third kappa shape index (κ3) is 3.33. The number of carboxylic acid groups (broad SMARTS) is 1. The van der Waals surface area contributed by atoms with Crippen LogP contribution < -0.4 is 4.74 Å². The van der Waals surface area contributed by atoms with Gasteiger partial charge in [-0.15, -0.1) is 0 Å². The van der Waals surface area contributed by atoms with Crippen molar-refractivity contribution in [2.45, 2.75) is 6.61 Å². The first-order valence-corrected chi connectivity index (χ1v) is 6.36. The van der Waals surface area contributed by atoms with Crippen LogP contribution in [0.5, 0.6) is 5.75 Å². The Balaban J connectivity index is 2.24. The zero-order valence-corrected chi connectivity index (χ0v) is 11.7. The average molecular weight is 343 g/mol. The molecule has 0 radical (unpaired) electrons. The minimum atomic E-state index is -1.20. The maximum absolute atomic E-state index is 13.5.